The zero-order valence-electron chi connectivity index (χ0n) is 18.6. The number of carbonyl (C=O) groups excluding carboxylic acids is 1. The molecule has 6 N–H and O–H groups in total. The van der Waals surface area contributed by atoms with Crippen LogP contribution in [0.2, 0.25) is 0 Å². The number of fused-ring (bicyclic) bond motifs is 1. The molecule has 0 unspecified atom stereocenters. The van der Waals surface area contributed by atoms with Gasteiger partial charge in [-0.1, -0.05) is 6.07 Å². The van der Waals surface area contributed by atoms with Crippen molar-refractivity contribution in [1.82, 2.24) is 24.8 Å². The van der Waals surface area contributed by atoms with Crippen molar-refractivity contribution in [3.05, 3.63) is 71.9 Å². The van der Waals surface area contributed by atoms with Crippen LogP contribution in [0.15, 0.2) is 55.1 Å². The molecule has 12 nitrogen and oxygen atoms in total. The van der Waals surface area contributed by atoms with E-state index in [1.807, 2.05) is 0 Å². The number of carbonyl (C=O) groups is 2. The van der Waals surface area contributed by atoms with Gasteiger partial charge in [0.25, 0.3) is 0 Å². The lowest BCUT2D eigenvalue weighted by atomic mass is 10.1. The Balaban J connectivity index is 1.48. The maximum absolute atomic E-state index is 13.2. The molecule has 3 amide bonds. The molecule has 0 aliphatic rings. The van der Waals surface area contributed by atoms with Crippen LogP contribution in [0.5, 0.6) is 0 Å². The molecular weight excluding hydrogens is 499 g/mol. The van der Waals surface area contributed by atoms with E-state index in [0.29, 0.717) is 34.3 Å². The van der Waals surface area contributed by atoms with Gasteiger partial charge in [0.15, 0.2) is 11.9 Å². The lowest BCUT2D eigenvalue weighted by Crippen LogP contribution is -2.21. The van der Waals surface area contributed by atoms with Crippen LogP contribution < -0.4 is 16.0 Å². The summed E-state index contributed by atoms with van der Waals surface area (Å²) in [4.78, 5) is 35.6. The van der Waals surface area contributed by atoms with Crippen LogP contribution in [0.1, 0.15) is 23.1 Å². The first-order valence-corrected chi connectivity index (χ1v) is 10.4. The summed E-state index contributed by atoms with van der Waals surface area (Å²) >= 11 is 0. The summed E-state index contributed by atoms with van der Waals surface area (Å²) in [6.45, 7) is -0.0584. The van der Waals surface area contributed by atoms with Crippen LogP contribution in [0, 0.1) is 0 Å². The van der Waals surface area contributed by atoms with Crippen LogP contribution in [0.4, 0.5) is 34.1 Å². The minimum atomic E-state index is -4.86. The number of aliphatic hydroxyl groups excluding tert-OH is 1. The van der Waals surface area contributed by atoms with Crippen LogP contribution in [0.3, 0.4) is 0 Å². The Morgan fingerprint density at radius 2 is 1.65 bits per heavy atom. The second-order valence-corrected chi connectivity index (χ2v) is 7.57. The molecular formula is C22H18F3N7O5. The second-order valence-electron chi connectivity index (χ2n) is 7.57. The van der Waals surface area contributed by atoms with Gasteiger partial charge < -0.3 is 31.3 Å². The zero-order chi connectivity index (χ0) is 26.7. The third kappa shape index (κ3) is 5.74. The molecule has 2 heterocycles. The number of nitrogens with one attached hydrogen (secondary N) is 3. The molecule has 0 fully saturated rings. The van der Waals surface area contributed by atoms with E-state index in [1.54, 1.807) is 28.8 Å². The highest BCUT2D eigenvalue weighted by molar-refractivity contribution is 5.99. The third-order valence-electron chi connectivity index (χ3n) is 5.11. The molecule has 0 aliphatic heterocycles. The van der Waals surface area contributed by atoms with Gasteiger partial charge in [0.1, 0.15) is 18.2 Å². The number of carboxylic acid groups (broad SMARTS) is 1. The van der Waals surface area contributed by atoms with E-state index in [4.69, 9.17) is 15.3 Å². The Hall–Kier alpha value is -4.76. The number of urea groups is 1. The van der Waals surface area contributed by atoms with Crippen LogP contribution in [-0.4, -0.2) is 47.0 Å². The molecule has 4 aromatic rings. The summed E-state index contributed by atoms with van der Waals surface area (Å²) in [5, 5.41) is 34.1. The van der Waals surface area contributed by atoms with Gasteiger partial charge in [-0.15, -0.1) is 0 Å². The van der Waals surface area contributed by atoms with Gasteiger partial charge in [0.05, 0.1) is 17.8 Å². The minimum Gasteiger partial charge on any atom is -0.465 e. The first kappa shape index (κ1) is 25.3. The first-order valence-electron chi connectivity index (χ1n) is 10.4. The summed E-state index contributed by atoms with van der Waals surface area (Å²) in [5.74, 6) is 0. The van der Waals surface area contributed by atoms with E-state index in [9.17, 15) is 22.8 Å². The molecule has 0 atom stereocenters. The van der Waals surface area contributed by atoms with Crippen LogP contribution >= 0.6 is 0 Å². The maximum atomic E-state index is 13.2. The topological polar surface area (TPSA) is 175 Å². The average molecular weight is 517 g/mol. The molecule has 0 radical (unpaired) electrons. The smallest absolute Gasteiger partial charge is 0.416 e. The molecule has 192 valence electrons. The summed E-state index contributed by atoms with van der Waals surface area (Å²) < 4.78 is 41.3. The quantitative estimate of drug-likeness (QED) is 0.211. The number of amides is 3. The lowest BCUT2D eigenvalue weighted by Gasteiger charge is -2.16. The van der Waals surface area contributed by atoms with Crippen molar-refractivity contribution in [2.75, 3.05) is 10.6 Å². The Labute approximate surface area is 205 Å². The van der Waals surface area contributed by atoms with E-state index < -0.39 is 35.7 Å². The van der Waals surface area contributed by atoms with Gasteiger partial charge >= 0.3 is 18.3 Å². The normalized spacial score (nSPS) is 11.5. The number of rotatable bonds is 6. The third-order valence-corrected chi connectivity index (χ3v) is 5.11. The number of nitrogens with zero attached hydrogens (tertiary/aromatic N) is 4. The van der Waals surface area contributed by atoms with Crippen molar-refractivity contribution in [3.63, 3.8) is 0 Å². The predicted molar refractivity (Wildman–Crippen MR) is 123 cm³/mol. The van der Waals surface area contributed by atoms with Crippen molar-refractivity contribution in [2.24, 2.45) is 0 Å². The van der Waals surface area contributed by atoms with E-state index in [2.05, 4.69) is 30.9 Å². The molecule has 0 saturated heterocycles. The maximum Gasteiger partial charge on any atom is 0.416 e. The number of anilines is 2. The van der Waals surface area contributed by atoms with Crippen molar-refractivity contribution in [2.45, 2.75) is 19.0 Å². The van der Waals surface area contributed by atoms with E-state index in [0.717, 1.165) is 12.1 Å². The number of imidazole rings is 1. The molecule has 0 bridgehead atoms. The average Bonchev–Trinajstić information content (AvgIpc) is 3.27. The van der Waals surface area contributed by atoms with Crippen LogP contribution in [-0.2, 0) is 12.7 Å². The molecule has 0 aliphatic carbocycles. The van der Waals surface area contributed by atoms with Crippen molar-refractivity contribution in [3.8, 4) is 5.69 Å². The zero-order valence-corrected chi connectivity index (χ0v) is 18.6. The Kier molecular flexibility index (Phi) is 6.90. The van der Waals surface area contributed by atoms with Gasteiger partial charge in [-0.25, -0.2) is 24.5 Å². The highest BCUT2D eigenvalue weighted by atomic mass is 19.4. The van der Waals surface area contributed by atoms with E-state index in [1.165, 1.54) is 12.7 Å². The molecule has 37 heavy (non-hydrogen) atoms. The van der Waals surface area contributed by atoms with Gasteiger partial charge in [0, 0.05) is 22.6 Å². The molecule has 15 heteroatoms. The molecule has 2 aromatic heterocycles. The number of hydrogen-bond donors (Lipinski definition) is 6. The van der Waals surface area contributed by atoms with Gasteiger partial charge in [-0.3, -0.25) is 4.57 Å². The van der Waals surface area contributed by atoms with E-state index in [-0.39, 0.29) is 12.2 Å². The van der Waals surface area contributed by atoms with Crippen molar-refractivity contribution < 1.29 is 38.1 Å². The Morgan fingerprint density at radius 3 is 2.30 bits per heavy atom. The predicted octanol–water partition coefficient (Wildman–Crippen LogP) is 3.23. The monoisotopic (exact) mass is 517 g/mol. The molecule has 2 aromatic carbocycles. The van der Waals surface area contributed by atoms with Gasteiger partial charge in [0.2, 0.25) is 0 Å². The SMILES string of the molecule is O=C(O)NCc1ncnc2c1ncn2-c1ccc(NC(=O)Nc2ccc(C(O)O)c(C(F)(F)F)c2)cc1. The highest BCUT2D eigenvalue weighted by Gasteiger charge is 2.35. The molecule has 0 saturated carbocycles. The number of alkyl halides is 3. The Bertz CT molecular complexity index is 1460. The standard InChI is InChI=1S/C22H18F3N7O5/c23-22(24,25)15-7-12(3-6-14(15)19(33)34)31-20(35)30-11-1-4-13(5-2-11)32-10-29-17-16(8-26-21(36)37)27-9-28-18(17)32/h1-7,9-10,19,26,33-34H,8H2,(H,36,37)(H2,30,31,35). The fourth-order valence-electron chi connectivity index (χ4n) is 3.46. The molecule has 4 rings (SSSR count). The minimum absolute atomic E-state index is 0.0584. The van der Waals surface area contributed by atoms with E-state index >= 15 is 0 Å². The first-order chi connectivity index (χ1) is 17.5. The number of aliphatic hydroxyl groups is 2. The van der Waals surface area contributed by atoms with Crippen molar-refractivity contribution in [1.29, 1.82) is 0 Å². The second kappa shape index (κ2) is 10.1. The fourth-order valence-corrected chi connectivity index (χ4v) is 3.46. The largest absolute Gasteiger partial charge is 0.465 e. The van der Waals surface area contributed by atoms with Crippen LogP contribution in [0.25, 0.3) is 16.9 Å². The summed E-state index contributed by atoms with van der Waals surface area (Å²) in [6.07, 6.45) is -5.65. The fraction of sp³-hybridized carbons (Fsp3) is 0.136. The highest BCUT2D eigenvalue weighted by Crippen LogP contribution is 2.36. The molecule has 0 spiro atoms. The number of halogens is 3. The van der Waals surface area contributed by atoms with Crippen molar-refractivity contribution >= 4 is 34.7 Å². The number of benzene rings is 2. The summed E-state index contributed by atoms with van der Waals surface area (Å²) in [7, 11) is 0. The lowest BCUT2D eigenvalue weighted by molar-refractivity contribution is -0.142. The Morgan fingerprint density at radius 1 is 0.973 bits per heavy atom. The number of aromatic nitrogens is 4. The van der Waals surface area contributed by atoms with Gasteiger partial charge in [-0.05, 0) is 36.4 Å². The summed E-state index contributed by atoms with van der Waals surface area (Å²) in [5.41, 5.74) is -0.0924. The van der Waals surface area contributed by atoms with Gasteiger partial charge in [-0.2, -0.15) is 13.2 Å². The summed E-state index contributed by atoms with van der Waals surface area (Å²) in [6, 6.07) is 8.10. The number of hydrogen-bond acceptors (Lipinski definition) is 7.